The fourth-order valence-electron chi connectivity index (χ4n) is 3.49. The van der Waals surface area contributed by atoms with Crippen LogP contribution in [-0.2, 0) is 15.5 Å². The van der Waals surface area contributed by atoms with Gasteiger partial charge in [0.2, 0.25) is 5.82 Å². The smallest absolute Gasteiger partial charge is 0.321 e. The molecule has 1 atom stereocenters. The zero-order valence-corrected chi connectivity index (χ0v) is 19.1. The van der Waals surface area contributed by atoms with Gasteiger partial charge in [0.15, 0.2) is 5.75 Å². The van der Waals surface area contributed by atoms with Gasteiger partial charge in [0.25, 0.3) is 0 Å². The Labute approximate surface area is 212 Å². The number of fused-ring (bicyclic) bond motifs is 1. The van der Waals surface area contributed by atoms with Crippen LogP contribution in [0.2, 0.25) is 0 Å². The van der Waals surface area contributed by atoms with E-state index in [1.54, 1.807) is 24.3 Å². The third-order valence-corrected chi connectivity index (χ3v) is 5.78. The van der Waals surface area contributed by atoms with Gasteiger partial charge < -0.3 is 15.0 Å². The van der Waals surface area contributed by atoms with Gasteiger partial charge in [0.1, 0.15) is 18.3 Å². The lowest BCUT2D eigenvalue weighted by Crippen LogP contribution is -2.34. The molecule has 0 radical (unpaired) electrons. The van der Waals surface area contributed by atoms with E-state index in [0.29, 0.717) is 23.8 Å². The average Bonchev–Trinajstić information content (AvgIpc) is 3.55. The van der Waals surface area contributed by atoms with Crippen LogP contribution in [0.5, 0.6) is 5.75 Å². The normalized spacial score (nSPS) is 11.7. The minimum Gasteiger partial charge on any atom is -0.480 e. The lowest BCUT2D eigenvalue weighted by atomic mass is 10.1. The van der Waals surface area contributed by atoms with Crippen molar-refractivity contribution in [2.45, 2.75) is 12.5 Å². The number of nitrogens with one attached hydrogen (secondary N) is 2. The summed E-state index contributed by atoms with van der Waals surface area (Å²) >= 11 is 0.712. The average molecular weight is 503 g/mol. The van der Waals surface area contributed by atoms with Crippen molar-refractivity contribution < 1.29 is 19.1 Å². The Morgan fingerprint density at radius 1 is 1.06 bits per heavy atom. The maximum absolute atomic E-state index is 11.7. The Morgan fingerprint density at radius 2 is 1.81 bits per heavy atom. The van der Waals surface area contributed by atoms with Gasteiger partial charge in [0, 0.05) is 29.1 Å². The number of aromatic amines is 1. The zero-order valence-electron chi connectivity index (χ0n) is 18.2. The molecule has 5 aromatic rings. The molecule has 0 fully saturated rings. The molecule has 2 heterocycles. The molecule has 0 spiro atoms. The molecule has 10 nitrogen and oxygen atoms in total. The minimum absolute atomic E-state index is 0. The second-order valence-corrected chi connectivity index (χ2v) is 8.11. The Balaban J connectivity index is 0.00000304. The summed E-state index contributed by atoms with van der Waals surface area (Å²) < 4.78 is 7.87. The number of hydrogen-bond donors (Lipinski definition) is 3. The highest BCUT2D eigenvalue weighted by atomic mass is 32.2. The van der Waals surface area contributed by atoms with Crippen LogP contribution >= 0.6 is 12.2 Å². The molecule has 0 aliphatic carbocycles. The van der Waals surface area contributed by atoms with Crippen LogP contribution in [-0.4, -0.2) is 50.7 Å². The first-order chi connectivity index (χ1) is 17.2. The number of carboxylic acids is 1. The molecular formula is C24H24BN6O4S-. The standard InChI is InChI=1S/C24H20N6O4S.BH4/c31-24(32)22(14-17-15-25-21-9-5-4-8-20(17)21)28-35-34-33-19-12-10-16(11-13-19)23-26-29-30(27-23)18-6-2-1-3-7-18;/h1-13,15,22,25,28H,14H2,(H,31,32);1H4/q;-1/t22-;/m1./s1. The first-order valence-electron chi connectivity index (χ1n) is 10.7. The zero-order chi connectivity index (χ0) is 24.0. The van der Waals surface area contributed by atoms with Crippen molar-refractivity contribution in [2.24, 2.45) is 0 Å². The topological polar surface area (TPSA) is 127 Å². The number of hydrogen-bond acceptors (Lipinski definition) is 8. The fourth-order valence-corrected chi connectivity index (χ4v) is 3.95. The minimum atomic E-state index is -0.994. The lowest BCUT2D eigenvalue weighted by molar-refractivity contribution is -0.139. The fraction of sp³-hybridized carbons (Fsp3) is 0.0833. The molecule has 5 rings (SSSR count). The summed E-state index contributed by atoms with van der Waals surface area (Å²) in [5, 5.41) is 23.1. The van der Waals surface area contributed by atoms with E-state index in [9.17, 15) is 9.90 Å². The Bertz CT molecular complexity index is 1430. The number of benzene rings is 3. The largest absolute Gasteiger partial charge is 0.480 e. The highest BCUT2D eigenvalue weighted by molar-refractivity contribution is 7.92. The predicted molar refractivity (Wildman–Crippen MR) is 142 cm³/mol. The van der Waals surface area contributed by atoms with Crippen molar-refractivity contribution in [1.29, 1.82) is 0 Å². The van der Waals surface area contributed by atoms with Crippen molar-refractivity contribution in [3.8, 4) is 22.8 Å². The van der Waals surface area contributed by atoms with E-state index < -0.39 is 12.0 Å². The second kappa shape index (κ2) is 11.5. The van der Waals surface area contributed by atoms with Gasteiger partial charge in [-0.25, -0.2) is 4.72 Å². The summed E-state index contributed by atoms with van der Waals surface area (Å²) in [7, 11) is 0. The summed E-state index contributed by atoms with van der Waals surface area (Å²) in [5.74, 6) is -0.0901. The molecule has 0 saturated carbocycles. The third kappa shape index (κ3) is 5.74. The number of H-pyrrole nitrogens is 1. The third-order valence-electron chi connectivity index (χ3n) is 5.26. The van der Waals surface area contributed by atoms with Crippen molar-refractivity contribution in [3.05, 3.63) is 90.6 Å². The van der Waals surface area contributed by atoms with Crippen LogP contribution in [0.3, 0.4) is 0 Å². The number of nitrogens with zero attached hydrogens (tertiary/aromatic N) is 4. The van der Waals surface area contributed by atoms with Crippen molar-refractivity contribution >= 4 is 37.5 Å². The van der Waals surface area contributed by atoms with E-state index in [0.717, 1.165) is 27.7 Å². The maximum Gasteiger partial charge on any atom is 0.321 e. The quantitative estimate of drug-likeness (QED) is 0.0658. The van der Waals surface area contributed by atoms with Gasteiger partial charge in [0.05, 0.1) is 5.69 Å². The summed E-state index contributed by atoms with van der Waals surface area (Å²) in [5.41, 5.74) is 3.43. The molecule has 0 amide bonds. The van der Waals surface area contributed by atoms with E-state index in [1.165, 1.54) is 4.80 Å². The van der Waals surface area contributed by atoms with Crippen LogP contribution in [0.4, 0.5) is 0 Å². The first kappa shape index (κ1) is 25.0. The van der Waals surface area contributed by atoms with Crippen LogP contribution in [0.25, 0.3) is 28.0 Å². The van der Waals surface area contributed by atoms with Crippen molar-refractivity contribution in [1.82, 2.24) is 29.9 Å². The molecule has 3 N–H and O–H groups in total. The van der Waals surface area contributed by atoms with Gasteiger partial charge >= 0.3 is 5.97 Å². The highest BCUT2D eigenvalue weighted by Gasteiger charge is 2.20. The number of carboxylic acid groups (broad SMARTS) is 1. The summed E-state index contributed by atoms with van der Waals surface area (Å²) in [6.45, 7) is 0. The van der Waals surface area contributed by atoms with Crippen LogP contribution in [0, 0.1) is 0 Å². The van der Waals surface area contributed by atoms with E-state index in [4.69, 9.17) is 9.22 Å². The number of aliphatic carboxylic acids is 1. The Hall–Kier alpha value is -4.13. The molecule has 0 unspecified atom stereocenters. The SMILES string of the molecule is O=C(O)[C@@H](Cc1c[nH]c2ccccc12)NSOOc1ccc(-c2nnn(-c3ccccc3)n2)cc1.[BH4-]. The monoisotopic (exact) mass is 503 g/mol. The lowest BCUT2D eigenvalue weighted by Gasteiger charge is -2.12. The van der Waals surface area contributed by atoms with E-state index >= 15 is 0 Å². The molecule has 0 aliphatic rings. The van der Waals surface area contributed by atoms with Gasteiger partial charge in [-0.3, -0.25) is 4.79 Å². The number of tetrazole rings is 1. The van der Waals surface area contributed by atoms with E-state index in [2.05, 4.69) is 25.1 Å². The van der Waals surface area contributed by atoms with Gasteiger partial charge in [-0.1, -0.05) is 49.1 Å². The van der Waals surface area contributed by atoms with Gasteiger partial charge in [-0.05, 0) is 53.2 Å². The molecule has 3 aromatic carbocycles. The van der Waals surface area contributed by atoms with E-state index in [-0.39, 0.29) is 14.8 Å². The molecule has 184 valence electrons. The first-order valence-corrected chi connectivity index (χ1v) is 11.4. The number of para-hydroxylation sites is 2. The Morgan fingerprint density at radius 3 is 2.58 bits per heavy atom. The molecule has 2 aromatic heterocycles. The predicted octanol–water partition coefficient (Wildman–Crippen LogP) is 2.52. The molecule has 0 bridgehead atoms. The summed E-state index contributed by atoms with van der Waals surface area (Å²) in [4.78, 5) is 21.5. The Kier molecular flexibility index (Phi) is 8.01. The van der Waals surface area contributed by atoms with Crippen molar-refractivity contribution in [3.63, 3.8) is 0 Å². The number of rotatable bonds is 10. The second-order valence-electron chi connectivity index (χ2n) is 7.57. The van der Waals surface area contributed by atoms with Crippen LogP contribution < -0.4 is 9.61 Å². The summed E-state index contributed by atoms with van der Waals surface area (Å²) in [6.07, 6.45) is 2.10. The molecule has 0 aliphatic heterocycles. The number of aromatic nitrogens is 5. The van der Waals surface area contributed by atoms with Gasteiger partial charge in [-0.15, -0.1) is 15.0 Å². The highest BCUT2D eigenvalue weighted by Crippen LogP contribution is 2.22. The van der Waals surface area contributed by atoms with Gasteiger partial charge in [-0.2, -0.15) is 0 Å². The molecule has 0 saturated heterocycles. The summed E-state index contributed by atoms with van der Waals surface area (Å²) in [6, 6.07) is 23.3. The molecule has 36 heavy (non-hydrogen) atoms. The van der Waals surface area contributed by atoms with Crippen molar-refractivity contribution in [2.75, 3.05) is 0 Å². The molecular weight excluding hydrogens is 479 g/mol. The van der Waals surface area contributed by atoms with Crippen LogP contribution in [0.1, 0.15) is 5.56 Å². The molecule has 12 heteroatoms. The maximum atomic E-state index is 11.7. The number of carbonyl (C=O) groups is 1. The van der Waals surface area contributed by atoms with E-state index in [1.807, 2.05) is 60.8 Å². The van der Waals surface area contributed by atoms with Crippen LogP contribution in [0.15, 0.2) is 85.1 Å².